The number of azo groups is 1. The maximum atomic E-state index is 12.8. The lowest BCUT2D eigenvalue weighted by molar-refractivity contribution is 0.0734. The maximum absolute atomic E-state index is 12.8. The van der Waals surface area contributed by atoms with Crippen LogP contribution < -0.4 is 14.8 Å². The molecule has 52 heavy (non-hydrogen) atoms. The van der Waals surface area contributed by atoms with Gasteiger partial charge in [0.05, 0.1) is 36.4 Å². The molecule has 7 heteroatoms. The van der Waals surface area contributed by atoms with Gasteiger partial charge in [0, 0.05) is 23.0 Å². The fourth-order valence-electron chi connectivity index (χ4n) is 5.65. The predicted molar refractivity (Wildman–Crippen MR) is 212 cm³/mol. The minimum absolute atomic E-state index is 0.0306. The van der Waals surface area contributed by atoms with Gasteiger partial charge >= 0.3 is 5.97 Å². The van der Waals surface area contributed by atoms with Crippen molar-refractivity contribution in [3.05, 3.63) is 139 Å². The summed E-state index contributed by atoms with van der Waals surface area (Å²) in [4.78, 5) is 12.8. The van der Waals surface area contributed by atoms with Gasteiger partial charge in [0.15, 0.2) is 0 Å². The zero-order valence-electron chi connectivity index (χ0n) is 31.2. The van der Waals surface area contributed by atoms with Gasteiger partial charge in [-0.15, -0.1) is 5.11 Å². The van der Waals surface area contributed by atoms with E-state index in [2.05, 4.69) is 81.0 Å². The number of fused-ring (bicyclic) bond motifs is 1. The molecule has 0 aliphatic rings. The first-order valence-electron chi connectivity index (χ1n) is 18.1. The molecule has 5 aromatic carbocycles. The van der Waals surface area contributed by atoms with E-state index in [0.717, 1.165) is 64.8 Å². The topological polar surface area (TPSA) is 81.5 Å². The number of esters is 1. The van der Waals surface area contributed by atoms with Crippen LogP contribution in [0.3, 0.4) is 0 Å². The minimum atomic E-state index is -0.413. The number of nitrogens with one attached hydrogen (secondary N) is 1. The van der Waals surface area contributed by atoms with Gasteiger partial charge in [0.2, 0.25) is 0 Å². The molecule has 0 unspecified atom stereocenters. The molecule has 0 spiro atoms. The second kappa shape index (κ2) is 17.7. The van der Waals surface area contributed by atoms with Gasteiger partial charge in [-0.1, -0.05) is 89.7 Å². The molecule has 0 heterocycles. The number of nitrogens with zero attached hydrogens (tertiary/aromatic N) is 2. The maximum Gasteiger partial charge on any atom is 0.343 e. The Kier molecular flexibility index (Phi) is 12.9. The molecule has 0 aromatic heterocycles. The average molecular weight is 698 g/mol. The van der Waals surface area contributed by atoms with Gasteiger partial charge in [0.25, 0.3) is 0 Å². The molecule has 0 saturated carbocycles. The molecule has 0 aliphatic carbocycles. The molecule has 0 aliphatic heterocycles. The second-order valence-electron chi connectivity index (χ2n) is 14.5. The average Bonchev–Trinajstić information content (AvgIpc) is 3.15. The van der Waals surface area contributed by atoms with E-state index in [1.807, 2.05) is 60.7 Å². The molecule has 0 atom stereocenters. The van der Waals surface area contributed by atoms with Crippen LogP contribution in [0.2, 0.25) is 0 Å². The molecule has 5 rings (SSSR count). The molecule has 0 radical (unpaired) electrons. The summed E-state index contributed by atoms with van der Waals surface area (Å²) in [5.41, 5.74) is 5.60. The summed E-state index contributed by atoms with van der Waals surface area (Å²) >= 11 is 0. The highest BCUT2D eigenvalue weighted by Gasteiger charge is 2.34. The Morgan fingerprint density at radius 3 is 2.04 bits per heavy atom. The van der Waals surface area contributed by atoms with Crippen molar-refractivity contribution in [2.45, 2.75) is 72.3 Å². The van der Waals surface area contributed by atoms with Crippen LogP contribution in [-0.4, -0.2) is 19.2 Å². The summed E-state index contributed by atoms with van der Waals surface area (Å²) in [7, 11) is 0. The highest BCUT2D eigenvalue weighted by atomic mass is 16.5. The zero-order valence-corrected chi connectivity index (χ0v) is 31.2. The standard InChI is InChI=1S/C45H51N3O4/c1-7-50-30-12-8-9-13-31-51-37-26-18-34(19-27-37)43(49)52-38-24-16-33(17-25-38)32-46-41-28-29-42(40-15-11-10-14-39(40)41)48-47-36-22-20-35(21-23-36)45(5,6)44(2,3)4/h7,10-11,14-29,46H,1,8-9,12-13,30-32H2,2-6H3/b48-47+. The molecule has 0 amide bonds. The quantitative estimate of drug-likeness (QED) is 0.0344. The van der Waals surface area contributed by atoms with Crippen LogP contribution in [0.1, 0.15) is 81.8 Å². The van der Waals surface area contributed by atoms with Crippen LogP contribution in [0, 0.1) is 5.41 Å². The van der Waals surface area contributed by atoms with Crippen LogP contribution in [0.25, 0.3) is 10.8 Å². The fourth-order valence-corrected chi connectivity index (χ4v) is 5.65. The van der Waals surface area contributed by atoms with E-state index in [0.29, 0.717) is 31.1 Å². The van der Waals surface area contributed by atoms with Gasteiger partial charge < -0.3 is 19.5 Å². The van der Waals surface area contributed by atoms with Crippen molar-refractivity contribution in [3.63, 3.8) is 0 Å². The van der Waals surface area contributed by atoms with Gasteiger partial charge in [0.1, 0.15) is 11.5 Å². The number of benzene rings is 5. The Labute approximate surface area is 308 Å². The van der Waals surface area contributed by atoms with E-state index in [1.165, 1.54) is 11.8 Å². The van der Waals surface area contributed by atoms with Crippen LogP contribution >= 0.6 is 0 Å². The van der Waals surface area contributed by atoms with Gasteiger partial charge in [-0.05, 0) is 108 Å². The largest absolute Gasteiger partial charge is 0.502 e. The molecular weight excluding hydrogens is 647 g/mol. The number of anilines is 1. The summed E-state index contributed by atoms with van der Waals surface area (Å²) in [6.45, 7) is 16.9. The highest BCUT2D eigenvalue weighted by Crippen LogP contribution is 2.41. The molecule has 270 valence electrons. The van der Waals surface area contributed by atoms with Gasteiger partial charge in [-0.3, -0.25) is 0 Å². The van der Waals surface area contributed by atoms with Gasteiger partial charge in [-0.2, -0.15) is 5.11 Å². The Morgan fingerprint density at radius 2 is 1.37 bits per heavy atom. The molecular formula is C45H51N3O4. The van der Waals surface area contributed by atoms with Crippen molar-refractivity contribution in [2.75, 3.05) is 18.5 Å². The molecule has 0 bridgehead atoms. The van der Waals surface area contributed by atoms with E-state index in [-0.39, 0.29) is 10.8 Å². The number of carbonyl (C=O) groups excluding carboxylic acids is 1. The van der Waals surface area contributed by atoms with Crippen molar-refractivity contribution in [3.8, 4) is 11.5 Å². The normalized spacial score (nSPS) is 11.8. The van der Waals surface area contributed by atoms with Crippen LogP contribution in [0.4, 0.5) is 17.1 Å². The number of ether oxygens (including phenoxy) is 3. The van der Waals surface area contributed by atoms with Gasteiger partial charge in [-0.25, -0.2) is 4.79 Å². The second-order valence-corrected chi connectivity index (χ2v) is 14.5. The summed E-state index contributed by atoms with van der Waals surface area (Å²) in [5.74, 6) is 0.807. The fraction of sp³-hybridized carbons (Fsp3) is 0.311. The van der Waals surface area contributed by atoms with Crippen molar-refractivity contribution in [2.24, 2.45) is 15.6 Å². The van der Waals surface area contributed by atoms with Crippen molar-refractivity contribution in [1.29, 1.82) is 0 Å². The number of carbonyl (C=O) groups is 1. The van der Waals surface area contributed by atoms with Crippen LogP contribution in [0.5, 0.6) is 11.5 Å². The monoisotopic (exact) mass is 697 g/mol. The van der Waals surface area contributed by atoms with Crippen LogP contribution in [0.15, 0.2) is 132 Å². The molecule has 5 aromatic rings. The summed E-state index contributed by atoms with van der Waals surface area (Å²) in [6, 6.07) is 35.2. The molecule has 1 N–H and O–H groups in total. The highest BCUT2D eigenvalue weighted by molar-refractivity contribution is 6.00. The van der Waals surface area contributed by atoms with Crippen molar-refractivity contribution < 1.29 is 19.0 Å². The number of rotatable bonds is 17. The van der Waals surface area contributed by atoms with E-state index in [4.69, 9.17) is 14.2 Å². The van der Waals surface area contributed by atoms with Crippen molar-refractivity contribution in [1.82, 2.24) is 0 Å². The Hall–Kier alpha value is -5.43. The lowest BCUT2D eigenvalue weighted by atomic mass is 9.65. The number of unbranched alkanes of at least 4 members (excludes halogenated alkanes) is 3. The van der Waals surface area contributed by atoms with E-state index in [1.54, 1.807) is 24.3 Å². The Morgan fingerprint density at radius 1 is 0.712 bits per heavy atom. The molecule has 0 saturated heterocycles. The Balaban J connectivity index is 1.13. The molecule has 0 fully saturated rings. The zero-order chi connectivity index (χ0) is 37.0. The van der Waals surface area contributed by atoms with E-state index < -0.39 is 5.97 Å². The smallest absolute Gasteiger partial charge is 0.343 e. The summed E-state index contributed by atoms with van der Waals surface area (Å²) < 4.78 is 16.6. The first-order chi connectivity index (χ1) is 25.0. The van der Waals surface area contributed by atoms with E-state index in [9.17, 15) is 4.79 Å². The summed E-state index contributed by atoms with van der Waals surface area (Å²) in [5, 5.41) is 14.8. The summed E-state index contributed by atoms with van der Waals surface area (Å²) in [6.07, 6.45) is 5.62. The third-order valence-corrected chi connectivity index (χ3v) is 9.89. The van der Waals surface area contributed by atoms with Crippen molar-refractivity contribution >= 4 is 33.8 Å². The SMILES string of the molecule is C=COCCCCCCOc1ccc(C(=O)Oc2ccc(CNc3ccc(/N=N/c4ccc(C(C)(C)C(C)(C)C)cc4)c4ccccc34)cc2)cc1. The lowest BCUT2D eigenvalue weighted by Crippen LogP contribution is -2.33. The number of hydrogen-bond acceptors (Lipinski definition) is 7. The van der Waals surface area contributed by atoms with Crippen LogP contribution in [-0.2, 0) is 16.7 Å². The Bertz CT molecular complexity index is 1940. The lowest BCUT2D eigenvalue weighted by Gasteiger charge is -2.39. The third-order valence-electron chi connectivity index (χ3n) is 9.89. The predicted octanol–water partition coefficient (Wildman–Crippen LogP) is 12.5. The van der Waals surface area contributed by atoms with E-state index >= 15 is 0 Å². The number of hydrogen-bond donors (Lipinski definition) is 1. The third kappa shape index (κ3) is 10.1. The first-order valence-corrected chi connectivity index (χ1v) is 18.1. The minimum Gasteiger partial charge on any atom is -0.502 e. The molecule has 7 nitrogen and oxygen atoms in total. The first kappa shape index (κ1) is 37.8.